The number of nitrogens with zero attached hydrogens (tertiary/aromatic N) is 5. The van der Waals surface area contributed by atoms with E-state index in [1.54, 1.807) is 11.9 Å². The van der Waals surface area contributed by atoms with Crippen LogP contribution in [0, 0.1) is 0 Å². The fourth-order valence-electron chi connectivity index (χ4n) is 2.98. The van der Waals surface area contributed by atoms with Gasteiger partial charge in [-0.15, -0.1) is 0 Å². The fraction of sp³-hybridized carbons (Fsp3) is 0.333. The van der Waals surface area contributed by atoms with Crippen molar-refractivity contribution >= 4 is 28.7 Å². The van der Waals surface area contributed by atoms with E-state index in [4.69, 9.17) is 11.6 Å². The molecule has 0 radical (unpaired) electrons. The van der Waals surface area contributed by atoms with Gasteiger partial charge in [0, 0.05) is 21.1 Å². The lowest BCUT2D eigenvalue weighted by molar-refractivity contribution is -0.132. The highest BCUT2D eigenvalue weighted by molar-refractivity contribution is 6.29. The molecule has 0 aliphatic rings. The van der Waals surface area contributed by atoms with Crippen molar-refractivity contribution in [3.63, 3.8) is 0 Å². The first-order chi connectivity index (χ1) is 12.7. The Hall–Kier alpha value is -2.87. The molecule has 0 N–H and O–H groups in total. The summed E-state index contributed by atoms with van der Waals surface area (Å²) in [5.41, 5.74) is 0.223. The van der Waals surface area contributed by atoms with Gasteiger partial charge in [-0.2, -0.15) is 4.98 Å². The highest BCUT2D eigenvalue weighted by Crippen LogP contribution is 2.20. The van der Waals surface area contributed by atoms with Gasteiger partial charge in [0.1, 0.15) is 6.54 Å². The summed E-state index contributed by atoms with van der Waals surface area (Å²) in [4.78, 5) is 43.1. The van der Waals surface area contributed by atoms with Crippen molar-refractivity contribution in [1.82, 2.24) is 23.6 Å². The number of likely N-dealkylation sites (N-methyl/N-ethyl adjacent to an activating group) is 1. The highest BCUT2D eigenvalue weighted by Gasteiger charge is 2.23. The van der Waals surface area contributed by atoms with Gasteiger partial charge >= 0.3 is 5.69 Å². The van der Waals surface area contributed by atoms with Crippen LogP contribution in [0.4, 0.5) is 0 Å². The van der Waals surface area contributed by atoms with Crippen LogP contribution in [0.25, 0.3) is 11.2 Å². The number of hydrogen-bond donors (Lipinski definition) is 0. The number of rotatable bonds is 4. The summed E-state index contributed by atoms with van der Waals surface area (Å²) < 4.78 is 3.55. The van der Waals surface area contributed by atoms with Crippen molar-refractivity contribution in [2.45, 2.75) is 19.5 Å². The summed E-state index contributed by atoms with van der Waals surface area (Å²) in [6.45, 7) is 1.76. The molecule has 9 heteroatoms. The highest BCUT2D eigenvalue weighted by atomic mass is 35.5. The fourth-order valence-corrected chi connectivity index (χ4v) is 3.21. The molecule has 0 saturated heterocycles. The van der Waals surface area contributed by atoms with Crippen molar-refractivity contribution in [1.29, 1.82) is 0 Å². The van der Waals surface area contributed by atoms with Gasteiger partial charge in [0.15, 0.2) is 11.2 Å². The van der Waals surface area contributed by atoms with Crippen LogP contribution in [0.1, 0.15) is 18.5 Å². The predicted molar refractivity (Wildman–Crippen MR) is 103 cm³/mol. The number of aryl methyl sites for hydroxylation is 1. The van der Waals surface area contributed by atoms with Crippen LogP contribution in [0.3, 0.4) is 0 Å². The predicted octanol–water partition coefficient (Wildman–Crippen LogP) is 1.31. The molecule has 2 heterocycles. The molecular weight excluding hydrogens is 370 g/mol. The normalized spacial score (nSPS) is 12.3. The second-order valence-corrected chi connectivity index (χ2v) is 6.77. The van der Waals surface area contributed by atoms with E-state index in [9.17, 15) is 14.4 Å². The molecule has 1 atom stereocenters. The van der Waals surface area contributed by atoms with E-state index in [0.29, 0.717) is 0 Å². The average Bonchev–Trinajstić information content (AvgIpc) is 3.00. The first-order valence-electron chi connectivity index (χ1n) is 8.36. The molecule has 142 valence electrons. The molecule has 1 amide bonds. The molecule has 0 aliphatic carbocycles. The zero-order valence-corrected chi connectivity index (χ0v) is 16.3. The minimum Gasteiger partial charge on any atom is -0.337 e. The Labute approximate surface area is 160 Å². The third kappa shape index (κ3) is 3.16. The van der Waals surface area contributed by atoms with Gasteiger partial charge in [-0.3, -0.25) is 23.3 Å². The number of amides is 1. The molecule has 1 unspecified atom stereocenters. The zero-order valence-electron chi connectivity index (χ0n) is 15.5. The van der Waals surface area contributed by atoms with Gasteiger partial charge in [-0.25, -0.2) is 4.79 Å². The molecule has 3 aromatic rings. The van der Waals surface area contributed by atoms with Crippen LogP contribution in [0.2, 0.25) is 5.28 Å². The maximum absolute atomic E-state index is 12.8. The lowest BCUT2D eigenvalue weighted by Crippen LogP contribution is -2.38. The lowest BCUT2D eigenvalue weighted by Gasteiger charge is -2.25. The Morgan fingerprint density at radius 1 is 1.19 bits per heavy atom. The molecule has 0 spiro atoms. The molecule has 0 fully saturated rings. The maximum Gasteiger partial charge on any atom is 0.332 e. The molecule has 3 rings (SSSR count). The van der Waals surface area contributed by atoms with E-state index < -0.39 is 11.2 Å². The SMILES string of the molecule is CC(c1ccccc1)N(C)C(=O)Cn1c(Cl)nc2c1c(=O)n(C)c(=O)n2C. The monoisotopic (exact) mass is 389 g/mol. The Morgan fingerprint density at radius 3 is 2.44 bits per heavy atom. The molecule has 27 heavy (non-hydrogen) atoms. The lowest BCUT2D eigenvalue weighted by atomic mass is 10.1. The largest absolute Gasteiger partial charge is 0.337 e. The van der Waals surface area contributed by atoms with E-state index in [1.165, 1.54) is 23.2 Å². The van der Waals surface area contributed by atoms with Crippen molar-refractivity contribution in [3.05, 3.63) is 62.0 Å². The van der Waals surface area contributed by atoms with Gasteiger partial charge < -0.3 is 4.90 Å². The van der Waals surface area contributed by atoms with Crippen molar-refractivity contribution < 1.29 is 4.79 Å². The maximum atomic E-state index is 12.8. The molecule has 0 saturated carbocycles. The van der Waals surface area contributed by atoms with Crippen LogP contribution in [-0.2, 0) is 25.4 Å². The standard InChI is InChI=1S/C18H20ClN5O3/c1-11(12-8-6-5-7-9-12)21(2)13(25)10-24-14-15(20-17(24)19)22(3)18(27)23(4)16(14)26/h5-9,11H,10H2,1-4H3. The Kier molecular flexibility index (Phi) is 4.93. The topological polar surface area (TPSA) is 82.1 Å². The summed E-state index contributed by atoms with van der Waals surface area (Å²) >= 11 is 6.18. The molecular formula is C18H20ClN5O3. The van der Waals surface area contributed by atoms with Crippen molar-refractivity contribution in [3.8, 4) is 0 Å². The van der Waals surface area contributed by atoms with Gasteiger partial charge in [-0.1, -0.05) is 30.3 Å². The number of halogens is 1. The van der Waals surface area contributed by atoms with Crippen LogP contribution in [0.5, 0.6) is 0 Å². The van der Waals surface area contributed by atoms with Gasteiger partial charge in [0.2, 0.25) is 11.2 Å². The van der Waals surface area contributed by atoms with Crippen molar-refractivity contribution in [2.24, 2.45) is 14.1 Å². The third-order valence-electron chi connectivity index (χ3n) is 4.85. The van der Waals surface area contributed by atoms with E-state index in [2.05, 4.69) is 4.98 Å². The minimum atomic E-state index is -0.543. The number of imidazole rings is 1. The first kappa shape index (κ1) is 18.9. The van der Waals surface area contributed by atoms with Crippen LogP contribution in [-0.4, -0.2) is 36.5 Å². The number of carbonyl (C=O) groups excluding carboxylic acids is 1. The van der Waals surface area contributed by atoms with E-state index in [1.807, 2.05) is 37.3 Å². The number of aromatic nitrogens is 4. The summed E-state index contributed by atoms with van der Waals surface area (Å²) in [6.07, 6.45) is 0. The first-order valence-corrected chi connectivity index (χ1v) is 8.74. The van der Waals surface area contributed by atoms with Gasteiger partial charge in [0.05, 0.1) is 6.04 Å². The van der Waals surface area contributed by atoms with Crippen molar-refractivity contribution in [2.75, 3.05) is 7.05 Å². The average molecular weight is 390 g/mol. The number of hydrogen-bond acceptors (Lipinski definition) is 4. The zero-order chi connectivity index (χ0) is 19.9. The molecule has 1 aromatic carbocycles. The Balaban J connectivity index is 2.00. The van der Waals surface area contributed by atoms with Crippen LogP contribution >= 0.6 is 11.6 Å². The van der Waals surface area contributed by atoms with Gasteiger partial charge in [0.25, 0.3) is 5.56 Å². The van der Waals surface area contributed by atoms with E-state index in [-0.39, 0.29) is 34.9 Å². The Bertz CT molecular complexity index is 1130. The third-order valence-corrected chi connectivity index (χ3v) is 5.14. The number of fused-ring (bicyclic) bond motifs is 1. The van der Waals surface area contributed by atoms with Gasteiger partial charge in [-0.05, 0) is 24.1 Å². The second-order valence-electron chi connectivity index (χ2n) is 6.44. The summed E-state index contributed by atoms with van der Waals surface area (Å²) in [5, 5.41) is -0.0163. The molecule has 0 aliphatic heterocycles. The number of carbonyl (C=O) groups is 1. The van der Waals surface area contributed by atoms with Crippen LogP contribution in [0.15, 0.2) is 39.9 Å². The summed E-state index contributed by atoms with van der Waals surface area (Å²) in [7, 11) is 4.57. The van der Waals surface area contributed by atoms with E-state index in [0.717, 1.165) is 10.1 Å². The van der Waals surface area contributed by atoms with Crippen LogP contribution < -0.4 is 11.2 Å². The second kappa shape index (κ2) is 7.03. The number of benzene rings is 1. The quantitative estimate of drug-likeness (QED) is 0.630. The molecule has 2 aromatic heterocycles. The Morgan fingerprint density at radius 2 is 1.81 bits per heavy atom. The minimum absolute atomic E-state index is 0.0163. The summed E-state index contributed by atoms with van der Waals surface area (Å²) in [6, 6.07) is 9.47. The smallest absolute Gasteiger partial charge is 0.332 e. The summed E-state index contributed by atoms with van der Waals surface area (Å²) in [5.74, 6) is -0.233. The van der Waals surface area contributed by atoms with E-state index >= 15 is 0 Å². The molecule has 0 bridgehead atoms. The molecule has 8 nitrogen and oxygen atoms in total.